The molecule has 0 fully saturated rings. The van der Waals surface area contributed by atoms with Gasteiger partial charge in [-0.15, -0.1) is 10.2 Å². The van der Waals surface area contributed by atoms with Crippen LogP contribution in [0.5, 0.6) is 5.75 Å². The Morgan fingerprint density at radius 2 is 1.81 bits per heavy atom. The van der Waals surface area contributed by atoms with E-state index in [0.29, 0.717) is 24.2 Å². The zero-order valence-corrected chi connectivity index (χ0v) is 17.4. The molecule has 2 aromatic heterocycles. The topological polar surface area (TPSA) is 69.4 Å². The molecule has 4 aromatic rings. The van der Waals surface area contributed by atoms with Crippen LogP contribution in [0, 0.1) is 12.8 Å². The smallest absolute Gasteiger partial charge is 0.185 e. The Kier molecular flexibility index (Phi) is 4.82. The maximum atomic E-state index is 12.8. The molecule has 2 heterocycles. The Labute approximate surface area is 180 Å². The summed E-state index contributed by atoms with van der Waals surface area (Å²) in [5, 5.41) is 13.5. The average molecular weight is 410 g/mol. The molecule has 0 aliphatic heterocycles. The van der Waals surface area contributed by atoms with Crippen molar-refractivity contribution >= 4 is 17.5 Å². The molecule has 0 spiro atoms. The molecule has 0 amide bonds. The first-order valence-corrected chi connectivity index (χ1v) is 10.3. The number of ketones is 1. The van der Waals surface area contributed by atoms with Gasteiger partial charge < -0.3 is 4.74 Å². The fourth-order valence-corrected chi connectivity index (χ4v) is 4.22. The van der Waals surface area contributed by atoms with Crippen LogP contribution in [-0.2, 0) is 6.42 Å². The lowest BCUT2D eigenvalue weighted by atomic mass is 9.88. The summed E-state index contributed by atoms with van der Waals surface area (Å²) >= 11 is 0. The van der Waals surface area contributed by atoms with Gasteiger partial charge in [0.25, 0.3) is 0 Å². The molecule has 2 aromatic carbocycles. The summed E-state index contributed by atoms with van der Waals surface area (Å²) in [6.45, 7) is 1.94. The molecule has 154 valence electrons. The van der Waals surface area contributed by atoms with Gasteiger partial charge in [0.2, 0.25) is 0 Å². The van der Waals surface area contributed by atoms with Crippen molar-refractivity contribution in [2.75, 3.05) is 7.11 Å². The number of benzene rings is 2. The third-order valence-corrected chi connectivity index (χ3v) is 5.71. The standard InChI is InChI=1S/C25H22N4O2/c1-16-23(19-10-6-7-11-22(19)31-2)25-27-26-24-20(29(25)28-16)14-18(15-21(24)30)13-12-17-8-4-3-5-9-17/h3-13,18H,14-15H2,1-2H3/b13-12+/t18-/m1/s1. The van der Waals surface area contributed by atoms with Crippen molar-refractivity contribution in [3.05, 3.63) is 83.3 Å². The number of Topliss-reactive ketones (excluding diaryl/α,β-unsaturated/α-hetero) is 1. The van der Waals surface area contributed by atoms with E-state index in [1.807, 2.05) is 49.4 Å². The summed E-state index contributed by atoms with van der Waals surface area (Å²) in [5.74, 6) is 0.844. The highest BCUT2D eigenvalue weighted by molar-refractivity contribution is 5.97. The Morgan fingerprint density at radius 1 is 1.03 bits per heavy atom. The largest absolute Gasteiger partial charge is 0.496 e. The molecule has 6 heteroatoms. The van der Waals surface area contributed by atoms with E-state index in [1.165, 1.54) is 0 Å². The number of aryl methyl sites for hydroxylation is 1. The fourth-order valence-electron chi connectivity index (χ4n) is 4.22. The molecule has 0 radical (unpaired) electrons. The first-order chi connectivity index (χ1) is 15.2. The Bertz CT molecular complexity index is 1310. The van der Waals surface area contributed by atoms with Gasteiger partial charge in [0.1, 0.15) is 5.75 Å². The van der Waals surface area contributed by atoms with E-state index in [-0.39, 0.29) is 11.7 Å². The van der Waals surface area contributed by atoms with E-state index in [4.69, 9.17) is 9.84 Å². The minimum atomic E-state index is 0.00496. The lowest BCUT2D eigenvalue weighted by Crippen LogP contribution is -2.24. The third kappa shape index (κ3) is 3.40. The fraction of sp³-hybridized carbons (Fsp3) is 0.200. The molecule has 1 atom stereocenters. The number of carbonyl (C=O) groups excluding carboxylic acids is 1. The van der Waals surface area contributed by atoms with Gasteiger partial charge in [0, 0.05) is 12.0 Å². The maximum Gasteiger partial charge on any atom is 0.185 e. The van der Waals surface area contributed by atoms with Gasteiger partial charge >= 0.3 is 0 Å². The normalized spacial score (nSPS) is 16.1. The SMILES string of the molecule is COc1ccccc1-c1c(C)nn2c3c(nnc12)C(=O)C[C@H](/C=C/c1ccccc1)C3. The zero-order valence-electron chi connectivity index (χ0n) is 17.4. The van der Waals surface area contributed by atoms with Crippen LogP contribution < -0.4 is 4.74 Å². The molecular formula is C25H22N4O2. The van der Waals surface area contributed by atoms with Crippen molar-refractivity contribution in [2.45, 2.75) is 19.8 Å². The number of rotatable bonds is 4. The quantitative estimate of drug-likeness (QED) is 0.493. The van der Waals surface area contributed by atoms with Gasteiger partial charge in [-0.1, -0.05) is 60.7 Å². The number of allylic oxidation sites excluding steroid dienone is 1. The second kappa shape index (κ2) is 7.80. The van der Waals surface area contributed by atoms with E-state index >= 15 is 0 Å². The highest BCUT2D eigenvalue weighted by Gasteiger charge is 2.30. The molecular weight excluding hydrogens is 388 g/mol. The van der Waals surface area contributed by atoms with Gasteiger partial charge in [-0.3, -0.25) is 4.79 Å². The highest BCUT2D eigenvalue weighted by Crippen LogP contribution is 2.35. The van der Waals surface area contributed by atoms with E-state index < -0.39 is 0 Å². The Balaban J connectivity index is 1.59. The van der Waals surface area contributed by atoms with Gasteiger partial charge in [0.15, 0.2) is 17.1 Å². The summed E-state index contributed by atoms with van der Waals surface area (Å²) in [6.07, 6.45) is 5.29. The molecule has 5 rings (SSSR count). The minimum absolute atomic E-state index is 0.00496. The van der Waals surface area contributed by atoms with Gasteiger partial charge in [-0.2, -0.15) is 5.10 Å². The average Bonchev–Trinajstić information content (AvgIpc) is 3.14. The van der Waals surface area contributed by atoms with Crippen LogP contribution in [0.4, 0.5) is 0 Å². The van der Waals surface area contributed by atoms with E-state index in [0.717, 1.165) is 33.8 Å². The van der Waals surface area contributed by atoms with E-state index in [1.54, 1.807) is 11.6 Å². The number of hydrogen-bond acceptors (Lipinski definition) is 5. The molecule has 1 aliphatic carbocycles. The van der Waals surface area contributed by atoms with E-state index in [2.05, 4.69) is 34.5 Å². The lowest BCUT2D eigenvalue weighted by Gasteiger charge is -2.20. The van der Waals surface area contributed by atoms with Crippen LogP contribution >= 0.6 is 0 Å². The monoisotopic (exact) mass is 410 g/mol. The molecule has 1 aliphatic rings. The van der Waals surface area contributed by atoms with Crippen molar-refractivity contribution < 1.29 is 9.53 Å². The lowest BCUT2D eigenvalue weighted by molar-refractivity contribution is 0.0950. The minimum Gasteiger partial charge on any atom is -0.496 e. The highest BCUT2D eigenvalue weighted by atomic mass is 16.5. The second-order valence-electron chi connectivity index (χ2n) is 7.75. The first-order valence-electron chi connectivity index (χ1n) is 10.3. The third-order valence-electron chi connectivity index (χ3n) is 5.71. The predicted octanol–water partition coefficient (Wildman–Crippen LogP) is 4.57. The van der Waals surface area contributed by atoms with Gasteiger partial charge in [0.05, 0.1) is 24.1 Å². The number of methoxy groups -OCH3 is 1. The Morgan fingerprint density at radius 3 is 2.61 bits per heavy atom. The summed E-state index contributed by atoms with van der Waals surface area (Å²) in [5.41, 5.74) is 5.60. The van der Waals surface area contributed by atoms with Crippen molar-refractivity contribution in [3.8, 4) is 16.9 Å². The molecule has 0 unspecified atom stereocenters. The van der Waals surface area contributed by atoms with Crippen LogP contribution in [0.2, 0.25) is 0 Å². The summed E-state index contributed by atoms with van der Waals surface area (Å²) in [6, 6.07) is 17.9. The van der Waals surface area contributed by atoms with Gasteiger partial charge in [-0.05, 0) is 30.9 Å². The summed E-state index contributed by atoms with van der Waals surface area (Å²) in [7, 11) is 1.65. The number of carbonyl (C=O) groups is 1. The van der Waals surface area contributed by atoms with Crippen LogP contribution in [0.1, 0.15) is 33.9 Å². The van der Waals surface area contributed by atoms with Gasteiger partial charge in [-0.25, -0.2) is 4.52 Å². The number of ether oxygens (including phenoxy) is 1. The number of fused-ring (bicyclic) bond motifs is 3. The molecule has 0 bridgehead atoms. The Hall–Kier alpha value is -3.80. The number of aromatic nitrogens is 4. The van der Waals surface area contributed by atoms with Crippen LogP contribution in [0.3, 0.4) is 0 Å². The summed E-state index contributed by atoms with van der Waals surface area (Å²) < 4.78 is 7.34. The predicted molar refractivity (Wildman–Crippen MR) is 119 cm³/mol. The first kappa shape index (κ1) is 19.2. The molecule has 6 nitrogen and oxygen atoms in total. The van der Waals surface area contributed by atoms with Crippen molar-refractivity contribution in [1.29, 1.82) is 0 Å². The van der Waals surface area contributed by atoms with E-state index in [9.17, 15) is 4.79 Å². The zero-order chi connectivity index (χ0) is 21.4. The number of nitrogens with zero attached hydrogens (tertiary/aromatic N) is 4. The second-order valence-corrected chi connectivity index (χ2v) is 7.75. The molecule has 31 heavy (non-hydrogen) atoms. The van der Waals surface area contributed by atoms with Crippen molar-refractivity contribution in [2.24, 2.45) is 5.92 Å². The van der Waals surface area contributed by atoms with Crippen LogP contribution in [-0.4, -0.2) is 32.7 Å². The number of hydrogen-bond donors (Lipinski definition) is 0. The van der Waals surface area contributed by atoms with Crippen LogP contribution in [0.15, 0.2) is 60.7 Å². The molecule has 0 N–H and O–H groups in total. The van der Waals surface area contributed by atoms with Crippen LogP contribution in [0.25, 0.3) is 22.9 Å². The number of para-hydroxylation sites is 1. The summed E-state index contributed by atoms with van der Waals surface area (Å²) in [4.78, 5) is 12.8. The molecule has 0 saturated carbocycles. The maximum absolute atomic E-state index is 12.8. The van der Waals surface area contributed by atoms with Crippen molar-refractivity contribution in [1.82, 2.24) is 19.8 Å². The molecule has 0 saturated heterocycles. The van der Waals surface area contributed by atoms with Crippen molar-refractivity contribution in [3.63, 3.8) is 0 Å².